The first kappa shape index (κ1) is 20.6. The molecule has 0 atom stereocenters. The molecule has 0 bridgehead atoms. The molecule has 5 rings (SSSR count). The molecule has 2 aromatic heterocycles. The Morgan fingerprint density at radius 3 is 2.57 bits per heavy atom. The normalized spacial score (nSPS) is 12.9. The number of benzene rings is 2. The Bertz CT molecular complexity index is 1140. The summed E-state index contributed by atoms with van der Waals surface area (Å²) in [5, 5.41) is 1.01. The number of nitrogens with zero attached hydrogens (tertiary/aromatic N) is 4. The van der Waals surface area contributed by atoms with E-state index in [2.05, 4.69) is 40.4 Å². The Labute approximate surface area is 194 Å². The van der Waals surface area contributed by atoms with Crippen LogP contribution in [-0.2, 0) is 21.1 Å². The van der Waals surface area contributed by atoms with E-state index < -0.39 is 0 Å². The average Bonchev–Trinajstić information content (AvgIpc) is 3.50. The fourth-order valence-corrected chi connectivity index (χ4v) is 4.11. The maximum Gasteiger partial charge on any atom is 2.00 e. The third kappa shape index (κ3) is 4.28. The maximum atomic E-state index is 4.94. The minimum atomic E-state index is 0. The molecule has 2 aromatic carbocycles. The first-order chi connectivity index (χ1) is 14.4. The van der Waals surface area contributed by atoms with E-state index in [4.69, 9.17) is 4.98 Å². The van der Waals surface area contributed by atoms with Crippen LogP contribution in [0.5, 0.6) is 0 Å². The molecule has 0 saturated heterocycles. The molecule has 4 nitrogen and oxygen atoms in total. The van der Waals surface area contributed by atoms with Gasteiger partial charge in [-0.15, -0.1) is 30.1 Å². The van der Waals surface area contributed by atoms with Crippen LogP contribution in [0, 0.1) is 12.3 Å². The second-order valence-electron chi connectivity index (χ2n) is 6.52. The molecule has 1 aliphatic heterocycles. The van der Waals surface area contributed by atoms with Gasteiger partial charge in [-0.2, -0.15) is 30.0 Å². The van der Waals surface area contributed by atoms with Crippen molar-refractivity contribution in [3.05, 3.63) is 103 Å². The molecule has 0 radical (unpaired) electrons. The predicted octanol–water partition coefficient (Wildman–Crippen LogP) is 5.43. The first-order valence-electron chi connectivity index (χ1n) is 9.46. The molecule has 150 valence electrons. The summed E-state index contributed by atoms with van der Waals surface area (Å²) >= 11 is 1.76. The average molecular weight is 590 g/mol. The van der Waals surface area contributed by atoms with Crippen molar-refractivity contribution in [2.75, 3.05) is 17.2 Å². The van der Waals surface area contributed by atoms with Crippen molar-refractivity contribution in [3.8, 4) is 5.69 Å². The van der Waals surface area contributed by atoms with Gasteiger partial charge < -0.3 is 9.47 Å². The van der Waals surface area contributed by atoms with Crippen LogP contribution in [0.15, 0.2) is 90.1 Å². The summed E-state index contributed by atoms with van der Waals surface area (Å²) in [6, 6.07) is 29.8. The summed E-state index contributed by atoms with van der Waals surface area (Å²) in [5.41, 5.74) is 3.80. The number of para-hydroxylation sites is 1. The van der Waals surface area contributed by atoms with Gasteiger partial charge >= 0.3 is 21.1 Å². The largest absolute Gasteiger partial charge is 2.00 e. The van der Waals surface area contributed by atoms with Gasteiger partial charge in [0.25, 0.3) is 0 Å². The van der Waals surface area contributed by atoms with Crippen LogP contribution in [0.3, 0.4) is 0 Å². The predicted molar refractivity (Wildman–Crippen MR) is 120 cm³/mol. The van der Waals surface area contributed by atoms with E-state index in [9.17, 15) is 0 Å². The van der Waals surface area contributed by atoms with E-state index in [-0.39, 0.29) is 21.1 Å². The number of rotatable bonds is 5. The van der Waals surface area contributed by atoms with Gasteiger partial charge in [0.05, 0.1) is 5.69 Å². The Balaban J connectivity index is 0.00000218. The molecular weight excluding hydrogens is 571 g/mol. The topological polar surface area (TPSA) is 33.4 Å². The second-order valence-corrected chi connectivity index (χ2v) is 7.60. The SMILES string of the molecule is [Pt+2].[c-]1c(N(c2ccccc2)c2cccc(C3=NCCS3)n2)cccc1-n1[c-]ccc1. The Kier molecular flexibility index (Phi) is 6.51. The Hall–Kier alpha value is -2.62. The second kappa shape index (κ2) is 9.46. The third-order valence-electron chi connectivity index (χ3n) is 4.59. The number of aromatic nitrogens is 2. The summed E-state index contributed by atoms with van der Waals surface area (Å²) in [4.78, 5) is 11.6. The van der Waals surface area contributed by atoms with Gasteiger partial charge in [0.1, 0.15) is 10.9 Å². The van der Waals surface area contributed by atoms with E-state index in [0.29, 0.717) is 0 Å². The van der Waals surface area contributed by atoms with Crippen molar-refractivity contribution in [3.63, 3.8) is 0 Å². The molecule has 3 heterocycles. The molecule has 30 heavy (non-hydrogen) atoms. The van der Waals surface area contributed by atoms with E-state index in [1.807, 2.05) is 71.4 Å². The molecule has 0 aliphatic carbocycles. The molecule has 1 aliphatic rings. The molecule has 0 fully saturated rings. The van der Waals surface area contributed by atoms with Gasteiger partial charge in [-0.25, -0.2) is 4.98 Å². The zero-order chi connectivity index (χ0) is 19.5. The number of aliphatic imine (C=N–C) groups is 1. The van der Waals surface area contributed by atoms with E-state index in [1.165, 1.54) is 0 Å². The summed E-state index contributed by atoms with van der Waals surface area (Å²) in [6.07, 6.45) is 5.15. The zero-order valence-corrected chi connectivity index (χ0v) is 19.1. The van der Waals surface area contributed by atoms with Crippen LogP contribution < -0.4 is 4.90 Å². The summed E-state index contributed by atoms with van der Waals surface area (Å²) < 4.78 is 1.93. The van der Waals surface area contributed by atoms with Crippen molar-refractivity contribution in [2.24, 2.45) is 4.99 Å². The van der Waals surface area contributed by atoms with Crippen molar-refractivity contribution in [1.82, 2.24) is 9.55 Å². The molecular formula is C24H18N4PtS. The van der Waals surface area contributed by atoms with Gasteiger partial charge in [-0.05, 0) is 24.3 Å². The zero-order valence-electron chi connectivity index (χ0n) is 16.0. The van der Waals surface area contributed by atoms with Crippen LogP contribution in [0.25, 0.3) is 5.69 Å². The van der Waals surface area contributed by atoms with E-state index in [0.717, 1.165) is 45.9 Å². The van der Waals surface area contributed by atoms with Crippen LogP contribution in [0.4, 0.5) is 17.2 Å². The van der Waals surface area contributed by atoms with Crippen LogP contribution >= 0.6 is 11.8 Å². The number of hydrogen-bond acceptors (Lipinski definition) is 4. The van der Waals surface area contributed by atoms with Gasteiger partial charge in [-0.1, -0.05) is 36.1 Å². The Morgan fingerprint density at radius 2 is 1.80 bits per heavy atom. The van der Waals surface area contributed by atoms with Gasteiger partial charge in [0, 0.05) is 18.0 Å². The number of hydrogen-bond donors (Lipinski definition) is 0. The minimum Gasteiger partial charge on any atom is -0.471 e. The molecule has 0 N–H and O–H groups in total. The number of thioether (sulfide) groups is 1. The monoisotopic (exact) mass is 589 g/mol. The van der Waals surface area contributed by atoms with Crippen molar-refractivity contribution in [2.45, 2.75) is 0 Å². The van der Waals surface area contributed by atoms with Crippen molar-refractivity contribution in [1.29, 1.82) is 0 Å². The quantitative estimate of drug-likeness (QED) is 0.291. The van der Waals surface area contributed by atoms with Crippen molar-refractivity contribution >= 4 is 34.0 Å². The number of anilines is 3. The fraction of sp³-hybridized carbons (Fsp3) is 0.0833. The molecule has 6 heteroatoms. The summed E-state index contributed by atoms with van der Waals surface area (Å²) in [6.45, 7) is 0.859. The van der Waals surface area contributed by atoms with E-state index >= 15 is 0 Å². The molecule has 0 unspecified atom stereocenters. The smallest absolute Gasteiger partial charge is 0.471 e. The molecule has 0 saturated carbocycles. The van der Waals surface area contributed by atoms with Crippen LogP contribution in [0.2, 0.25) is 0 Å². The van der Waals surface area contributed by atoms with Gasteiger partial charge in [0.15, 0.2) is 0 Å². The van der Waals surface area contributed by atoms with Gasteiger partial charge in [0.2, 0.25) is 0 Å². The number of pyridine rings is 1. The standard InChI is InChI=1S/C24H18N4S.Pt/c1-2-8-19(9-3-1)28(21-11-6-10-20(18-21)27-15-4-5-16-27)23-13-7-12-22(26-23)24-25-14-17-29-24;/h1-13,15H,14,17H2;/q-2;+2. The summed E-state index contributed by atoms with van der Waals surface area (Å²) in [5.74, 6) is 1.86. The van der Waals surface area contributed by atoms with Crippen LogP contribution in [-0.4, -0.2) is 26.9 Å². The van der Waals surface area contributed by atoms with Crippen molar-refractivity contribution < 1.29 is 21.1 Å². The maximum absolute atomic E-state index is 4.94. The summed E-state index contributed by atoms with van der Waals surface area (Å²) in [7, 11) is 0. The minimum absolute atomic E-state index is 0. The van der Waals surface area contributed by atoms with Gasteiger partial charge in [-0.3, -0.25) is 4.99 Å². The molecule has 0 spiro atoms. The van der Waals surface area contributed by atoms with Crippen LogP contribution in [0.1, 0.15) is 5.69 Å². The van der Waals surface area contributed by atoms with E-state index in [1.54, 1.807) is 11.8 Å². The first-order valence-corrected chi connectivity index (χ1v) is 10.4. The molecule has 0 amide bonds. The fourth-order valence-electron chi connectivity index (χ4n) is 3.29. The third-order valence-corrected chi connectivity index (χ3v) is 5.59. The Morgan fingerprint density at radius 1 is 0.933 bits per heavy atom. The molecule has 4 aromatic rings.